The van der Waals surface area contributed by atoms with E-state index in [1.165, 1.54) is 24.4 Å². The van der Waals surface area contributed by atoms with Gasteiger partial charge in [-0.15, -0.1) is 0 Å². The van der Waals surface area contributed by atoms with Crippen molar-refractivity contribution in [2.45, 2.75) is 6.61 Å². The highest BCUT2D eigenvalue weighted by Crippen LogP contribution is 2.22. The van der Waals surface area contributed by atoms with Crippen LogP contribution < -0.4 is 15.5 Å². The lowest BCUT2D eigenvalue weighted by molar-refractivity contribution is -0.120. The SMILES string of the molecule is O=C(CNC(=O)c1ccc(Cl)c(Cl)c1)NN=Cc1ccc(OCc2ccc(Cl)cc2)cc1. The van der Waals surface area contributed by atoms with Crippen LogP contribution in [-0.4, -0.2) is 24.6 Å². The number of nitrogens with zero attached hydrogens (tertiary/aromatic N) is 1. The van der Waals surface area contributed by atoms with Crippen LogP contribution in [0.15, 0.2) is 71.8 Å². The molecule has 0 unspecified atom stereocenters. The van der Waals surface area contributed by atoms with E-state index in [9.17, 15) is 9.59 Å². The third-order valence-electron chi connectivity index (χ3n) is 4.19. The van der Waals surface area contributed by atoms with E-state index in [1.807, 2.05) is 24.3 Å². The highest BCUT2D eigenvalue weighted by Gasteiger charge is 2.09. The maximum absolute atomic E-state index is 12.0. The van der Waals surface area contributed by atoms with Crippen LogP contribution in [0.25, 0.3) is 0 Å². The molecule has 2 N–H and O–H groups in total. The molecule has 32 heavy (non-hydrogen) atoms. The first-order valence-corrected chi connectivity index (χ1v) is 10.6. The summed E-state index contributed by atoms with van der Waals surface area (Å²) < 4.78 is 5.72. The van der Waals surface area contributed by atoms with Gasteiger partial charge in [0.25, 0.3) is 11.8 Å². The molecule has 0 heterocycles. The Morgan fingerprint density at radius 3 is 2.31 bits per heavy atom. The zero-order valence-electron chi connectivity index (χ0n) is 16.6. The van der Waals surface area contributed by atoms with E-state index >= 15 is 0 Å². The van der Waals surface area contributed by atoms with Crippen molar-refractivity contribution < 1.29 is 14.3 Å². The molecule has 0 aliphatic heterocycles. The Kier molecular flexibility index (Phi) is 8.50. The molecule has 3 aromatic carbocycles. The van der Waals surface area contributed by atoms with Gasteiger partial charge < -0.3 is 10.1 Å². The predicted molar refractivity (Wildman–Crippen MR) is 127 cm³/mol. The molecule has 0 aliphatic carbocycles. The highest BCUT2D eigenvalue weighted by molar-refractivity contribution is 6.42. The van der Waals surface area contributed by atoms with Crippen LogP contribution >= 0.6 is 34.8 Å². The minimum absolute atomic E-state index is 0.242. The number of carbonyl (C=O) groups is 2. The third-order valence-corrected chi connectivity index (χ3v) is 5.18. The molecular formula is C23H18Cl3N3O3. The van der Waals surface area contributed by atoms with Gasteiger partial charge in [0.15, 0.2) is 0 Å². The number of hydrogen-bond donors (Lipinski definition) is 2. The van der Waals surface area contributed by atoms with E-state index in [-0.39, 0.29) is 11.6 Å². The number of hydrazone groups is 1. The standard InChI is InChI=1S/C23H18Cl3N3O3/c24-18-6-1-16(2-7-18)14-32-19-8-3-15(4-9-19)12-28-29-22(30)13-27-23(31)17-5-10-20(25)21(26)11-17/h1-12H,13-14H2,(H,27,31)(H,29,30). The minimum Gasteiger partial charge on any atom is -0.489 e. The molecular weight excluding hydrogens is 473 g/mol. The molecule has 164 valence electrons. The van der Waals surface area contributed by atoms with Crippen molar-refractivity contribution in [1.82, 2.24) is 10.7 Å². The highest BCUT2D eigenvalue weighted by atomic mass is 35.5. The van der Waals surface area contributed by atoms with Crippen molar-refractivity contribution in [1.29, 1.82) is 0 Å². The van der Waals surface area contributed by atoms with Gasteiger partial charge in [0.1, 0.15) is 12.4 Å². The minimum atomic E-state index is -0.474. The lowest BCUT2D eigenvalue weighted by atomic mass is 10.2. The fourth-order valence-electron chi connectivity index (χ4n) is 2.52. The van der Waals surface area contributed by atoms with Gasteiger partial charge in [-0.05, 0) is 65.7 Å². The molecule has 0 radical (unpaired) electrons. The van der Waals surface area contributed by atoms with Crippen LogP contribution in [-0.2, 0) is 11.4 Å². The lowest BCUT2D eigenvalue weighted by Gasteiger charge is -2.07. The second-order valence-electron chi connectivity index (χ2n) is 6.59. The smallest absolute Gasteiger partial charge is 0.259 e. The number of ether oxygens (including phenoxy) is 1. The zero-order chi connectivity index (χ0) is 22.9. The van der Waals surface area contributed by atoms with Gasteiger partial charge in [-0.2, -0.15) is 5.10 Å². The number of hydrogen-bond acceptors (Lipinski definition) is 4. The van der Waals surface area contributed by atoms with Crippen LogP contribution in [0.2, 0.25) is 15.1 Å². The van der Waals surface area contributed by atoms with Crippen LogP contribution in [0.4, 0.5) is 0 Å². The molecule has 0 aromatic heterocycles. The number of carbonyl (C=O) groups excluding carboxylic acids is 2. The molecule has 0 saturated carbocycles. The number of nitrogens with one attached hydrogen (secondary N) is 2. The number of halogens is 3. The van der Waals surface area contributed by atoms with E-state index in [1.54, 1.807) is 24.3 Å². The fraction of sp³-hybridized carbons (Fsp3) is 0.0870. The molecule has 0 atom stereocenters. The second-order valence-corrected chi connectivity index (χ2v) is 7.84. The first-order valence-electron chi connectivity index (χ1n) is 9.43. The van der Waals surface area contributed by atoms with Gasteiger partial charge in [-0.25, -0.2) is 5.43 Å². The Morgan fingerprint density at radius 1 is 0.906 bits per heavy atom. The molecule has 0 saturated heterocycles. The van der Waals surface area contributed by atoms with Gasteiger partial charge in [-0.1, -0.05) is 46.9 Å². The van der Waals surface area contributed by atoms with Crippen LogP contribution in [0.5, 0.6) is 5.75 Å². The fourth-order valence-corrected chi connectivity index (χ4v) is 2.94. The van der Waals surface area contributed by atoms with Crippen molar-refractivity contribution >= 4 is 52.8 Å². The van der Waals surface area contributed by atoms with E-state index in [0.29, 0.717) is 28.0 Å². The quantitative estimate of drug-likeness (QED) is 0.340. The first kappa shape index (κ1) is 23.6. The summed E-state index contributed by atoms with van der Waals surface area (Å²) in [4.78, 5) is 23.9. The van der Waals surface area contributed by atoms with Crippen LogP contribution in [0.3, 0.4) is 0 Å². The summed E-state index contributed by atoms with van der Waals surface area (Å²) in [6.45, 7) is 0.183. The summed E-state index contributed by atoms with van der Waals surface area (Å²) in [6, 6.07) is 19.1. The Labute approximate surface area is 200 Å². The monoisotopic (exact) mass is 489 g/mol. The number of amides is 2. The molecule has 3 rings (SSSR count). The third kappa shape index (κ3) is 7.27. The van der Waals surface area contributed by atoms with Crippen molar-refractivity contribution in [2.24, 2.45) is 5.10 Å². The van der Waals surface area contributed by atoms with Gasteiger partial charge in [0.2, 0.25) is 0 Å². The molecule has 0 aliphatic rings. The molecule has 6 nitrogen and oxygen atoms in total. The van der Waals surface area contributed by atoms with Crippen molar-refractivity contribution in [3.05, 3.63) is 98.5 Å². The second kappa shape index (κ2) is 11.5. The Balaban J connectivity index is 1.41. The summed E-state index contributed by atoms with van der Waals surface area (Å²) in [7, 11) is 0. The van der Waals surface area contributed by atoms with Crippen LogP contribution in [0.1, 0.15) is 21.5 Å². The maximum Gasteiger partial charge on any atom is 0.259 e. The van der Waals surface area contributed by atoms with E-state index < -0.39 is 11.8 Å². The summed E-state index contributed by atoms with van der Waals surface area (Å²) in [5.41, 5.74) is 4.43. The average molecular weight is 491 g/mol. The van der Waals surface area contributed by atoms with E-state index in [0.717, 1.165) is 11.1 Å². The van der Waals surface area contributed by atoms with Crippen molar-refractivity contribution in [3.63, 3.8) is 0 Å². The Hall–Kier alpha value is -3.06. The Bertz CT molecular complexity index is 1120. The zero-order valence-corrected chi connectivity index (χ0v) is 18.9. The van der Waals surface area contributed by atoms with E-state index in [2.05, 4.69) is 15.8 Å². The van der Waals surface area contributed by atoms with Gasteiger partial charge in [-0.3, -0.25) is 9.59 Å². The van der Waals surface area contributed by atoms with Gasteiger partial charge in [0.05, 0.1) is 22.8 Å². The first-order chi connectivity index (χ1) is 15.4. The van der Waals surface area contributed by atoms with Crippen molar-refractivity contribution in [3.8, 4) is 5.75 Å². The molecule has 9 heteroatoms. The molecule has 2 amide bonds. The predicted octanol–water partition coefficient (Wildman–Crippen LogP) is 5.11. The summed E-state index contributed by atoms with van der Waals surface area (Å²) >= 11 is 17.6. The molecule has 3 aromatic rings. The largest absolute Gasteiger partial charge is 0.489 e. The average Bonchev–Trinajstić information content (AvgIpc) is 2.80. The van der Waals surface area contributed by atoms with Gasteiger partial charge in [0, 0.05) is 10.6 Å². The summed E-state index contributed by atoms with van der Waals surface area (Å²) in [5.74, 6) is -0.222. The normalized spacial score (nSPS) is 10.7. The van der Waals surface area contributed by atoms with Crippen LogP contribution in [0, 0.1) is 0 Å². The topological polar surface area (TPSA) is 79.8 Å². The number of rotatable bonds is 8. The Morgan fingerprint density at radius 2 is 1.62 bits per heavy atom. The van der Waals surface area contributed by atoms with E-state index in [4.69, 9.17) is 39.5 Å². The molecule has 0 bridgehead atoms. The molecule has 0 fully saturated rings. The number of benzene rings is 3. The lowest BCUT2D eigenvalue weighted by Crippen LogP contribution is -2.34. The maximum atomic E-state index is 12.0. The molecule has 0 spiro atoms. The van der Waals surface area contributed by atoms with Crippen molar-refractivity contribution in [2.75, 3.05) is 6.54 Å². The van der Waals surface area contributed by atoms with Gasteiger partial charge >= 0.3 is 0 Å². The summed E-state index contributed by atoms with van der Waals surface area (Å²) in [5, 5.41) is 7.65. The summed E-state index contributed by atoms with van der Waals surface area (Å²) in [6.07, 6.45) is 1.49.